The second-order valence-corrected chi connectivity index (χ2v) is 4.22. The monoisotopic (exact) mass is 232 g/mol. The van der Waals surface area contributed by atoms with Gasteiger partial charge in [-0.25, -0.2) is 0 Å². The van der Waals surface area contributed by atoms with Crippen LogP contribution in [-0.2, 0) is 0 Å². The van der Waals surface area contributed by atoms with E-state index in [0.717, 1.165) is 28.4 Å². The molecule has 1 atom stereocenters. The van der Waals surface area contributed by atoms with Crippen LogP contribution in [0.3, 0.4) is 0 Å². The number of anilines is 1. The fourth-order valence-corrected chi connectivity index (χ4v) is 1.94. The van der Waals surface area contributed by atoms with Gasteiger partial charge in [-0.15, -0.1) is 5.10 Å². The molecule has 2 rings (SSSR count). The molecule has 0 amide bonds. The van der Waals surface area contributed by atoms with Crippen LogP contribution in [0.15, 0.2) is 16.8 Å². The maximum absolute atomic E-state index is 5.15. The number of aromatic nitrogens is 3. The molecular weight excluding hydrogens is 216 g/mol. The number of nitrogens with zero attached hydrogens (tertiary/aromatic N) is 3. The quantitative estimate of drug-likeness (QED) is 0.881. The smallest absolute Gasteiger partial charge is 0.149 e. The van der Waals surface area contributed by atoms with Gasteiger partial charge in [-0.1, -0.05) is 5.16 Å². The van der Waals surface area contributed by atoms with Crippen LogP contribution >= 0.6 is 0 Å². The third-order valence-electron chi connectivity index (χ3n) is 2.68. The Balaban J connectivity index is 2.20. The van der Waals surface area contributed by atoms with E-state index in [1.807, 2.05) is 26.8 Å². The van der Waals surface area contributed by atoms with Crippen molar-refractivity contribution < 1.29 is 4.52 Å². The van der Waals surface area contributed by atoms with Crippen molar-refractivity contribution in [1.82, 2.24) is 15.4 Å². The van der Waals surface area contributed by atoms with Gasteiger partial charge >= 0.3 is 0 Å². The summed E-state index contributed by atoms with van der Waals surface area (Å²) in [5, 5.41) is 15.2. The molecule has 0 bridgehead atoms. The Labute approximate surface area is 100 Å². The first-order valence-corrected chi connectivity index (χ1v) is 5.56. The van der Waals surface area contributed by atoms with Crippen molar-refractivity contribution in [1.29, 1.82) is 0 Å². The molecule has 0 radical (unpaired) electrons. The Hall–Kier alpha value is -1.91. The van der Waals surface area contributed by atoms with Crippen LogP contribution in [0, 0.1) is 20.8 Å². The Morgan fingerprint density at radius 3 is 2.65 bits per heavy atom. The summed E-state index contributed by atoms with van der Waals surface area (Å²) in [6.45, 7) is 7.89. The summed E-state index contributed by atoms with van der Waals surface area (Å²) in [5.74, 6) is 1.60. The molecule has 17 heavy (non-hydrogen) atoms. The van der Waals surface area contributed by atoms with Gasteiger partial charge in [-0.3, -0.25) is 0 Å². The van der Waals surface area contributed by atoms with Gasteiger partial charge in [0.15, 0.2) is 0 Å². The number of nitrogens with one attached hydrogen (secondary N) is 1. The predicted molar refractivity (Wildman–Crippen MR) is 64.8 cm³/mol. The standard InChI is InChI=1S/C12H16N4O/c1-7-5-11(15-13-6-7)14-8(2)12-9(3)16-17-10(12)4/h5-6,8H,1-4H3,(H,14,15). The molecule has 0 spiro atoms. The highest BCUT2D eigenvalue weighted by molar-refractivity contribution is 5.40. The molecule has 2 aromatic heterocycles. The molecule has 0 aliphatic heterocycles. The van der Waals surface area contributed by atoms with E-state index < -0.39 is 0 Å². The topological polar surface area (TPSA) is 63.8 Å². The largest absolute Gasteiger partial charge is 0.362 e. The summed E-state index contributed by atoms with van der Waals surface area (Å²) < 4.78 is 5.15. The molecule has 5 heteroatoms. The van der Waals surface area contributed by atoms with Crippen molar-refractivity contribution in [3.05, 3.63) is 34.8 Å². The number of hydrogen-bond donors (Lipinski definition) is 1. The minimum atomic E-state index is 0.0948. The third kappa shape index (κ3) is 2.43. The van der Waals surface area contributed by atoms with Gasteiger partial charge in [-0.2, -0.15) is 5.10 Å². The summed E-state index contributed by atoms with van der Waals surface area (Å²) in [4.78, 5) is 0. The molecule has 0 aromatic carbocycles. The van der Waals surface area contributed by atoms with Crippen molar-refractivity contribution >= 4 is 5.82 Å². The number of rotatable bonds is 3. The van der Waals surface area contributed by atoms with Crippen molar-refractivity contribution in [3.63, 3.8) is 0 Å². The van der Waals surface area contributed by atoms with Gasteiger partial charge in [0.2, 0.25) is 0 Å². The summed E-state index contributed by atoms with van der Waals surface area (Å²) >= 11 is 0. The molecule has 0 fully saturated rings. The van der Waals surface area contributed by atoms with E-state index >= 15 is 0 Å². The van der Waals surface area contributed by atoms with Crippen LogP contribution in [0.2, 0.25) is 0 Å². The van der Waals surface area contributed by atoms with Gasteiger partial charge in [0, 0.05) is 5.56 Å². The van der Waals surface area contributed by atoms with Crippen LogP contribution in [0.1, 0.15) is 35.5 Å². The van der Waals surface area contributed by atoms with Crippen molar-refractivity contribution in [2.75, 3.05) is 5.32 Å². The minimum absolute atomic E-state index is 0.0948. The molecular formula is C12H16N4O. The normalized spacial score (nSPS) is 12.5. The highest BCUT2D eigenvalue weighted by Gasteiger charge is 2.16. The summed E-state index contributed by atoms with van der Waals surface area (Å²) in [6, 6.07) is 2.05. The molecule has 2 heterocycles. The van der Waals surface area contributed by atoms with Crippen LogP contribution in [0.25, 0.3) is 0 Å². The molecule has 0 saturated carbocycles. The highest BCUT2D eigenvalue weighted by Crippen LogP contribution is 2.23. The van der Waals surface area contributed by atoms with Crippen LogP contribution in [0.5, 0.6) is 0 Å². The lowest BCUT2D eigenvalue weighted by atomic mass is 10.1. The van der Waals surface area contributed by atoms with Crippen LogP contribution < -0.4 is 5.32 Å². The second-order valence-electron chi connectivity index (χ2n) is 4.22. The summed E-state index contributed by atoms with van der Waals surface area (Å²) in [5.41, 5.74) is 3.06. The van der Waals surface area contributed by atoms with E-state index in [9.17, 15) is 0 Å². The zero-order valence-corrected chi connectivity index (χ0v) is 10.5. The molecule has 90 valence electrons. The fourth-order valence-electron chi connectivity index (χ4n) is 1.94. The Morgan fingerprint density at radius 1 is 1.29 bits per heavy atom. The van der Waals surface area contributed by atoms with E-state index in [0.29, 0.717) is 0 Å². The Morgan fingerprint density at radius 2 is 2.06 bits per heavy atom. The van der Waals surface area contributed by atoms with Gasteiger partial charge in [-0.05, 0) is 39.3 Å². The molecule has 1 unspecified atom stereocenters. The van der Waals surface area contributed by atoms with Crippen molar-refractivity contribution in [3.8, 4) is 0 Å². The Kier molecular flexibility index (Phi) is 3.08. The zero-order chi connectivity index (χ0) is 12.4. The average Bonchev–Trinajstić information content (AvgIpc) is 2.58. The average molecular weight is 232 g/mol. The minimum Gasteiger partial charge on any atom is -0.362 e. The number of hydrogen-bond acceptors (Lipinski definition) is 5. The lowest BCUT2D eigenvalue weighted by Gasteiger charge is -2.13. The van der Waals surface area contributed by atoms with E-state index in [-0.39, 0.29) is 6.04 Å². The van der Waals surface area contributed by atoms with E-state index in [2.05, 4.69) is 27.6 Å². The Bertz CT molecular complexity index is 501. The summed E-state index contributed by atoms with van der Waals surface area (Å²) in [6.07, 6.45) is 1.73. The van der Waals surface area contributed by atoms with Gasteiger partial charge in [0.05, 0.1) is 17.9 Å². The lowest BCUT2D eigenvalue weighted by molar-refractivity contribution is 0.392. The van der Waals surface area contributed by atoms with Crippen LogP contribution in [-0.4, -0.2) is 15.4 Å². The first-order chi connectivity index (χ1) is 8.08. The molecule has 0 aliphatic carbocycles. The maximum Gasteiger partial charge on any atom is 0.149 e. The SMILES string of the molecule is Cc1cnnc(NC(C)c2c(C)noc2C)c1. The fraction of sp³-hybridized carbons (Fsp3) is 0.417. The third-order valence-corrected chi connectivity index (χ3v) is 2.68. The highest BCUT2D eigenvalue weighted by atomic mass is 16.5. The van der Waals surface area contributed by atoms with E-state index in [1.165, 1.54) is 0 Å². The molecule has 1 N–H and O–H groups in total. The van der Waals surface area contributed by atoms with E-state index in [4.69, 9.17) is 4.52 Å². The first-order valence-electron chi connectivity index (χ1n) is 5.56. The molecule has 0 aliphatic rings. The molecule has 2 aromatic rings. The van der Waals surface area contributed by atoms with Gasteiger partial charge in [0.1, 0.15) is 11.6 Å². The molecule has 0 saturated heterocycles. The zero-order valence-electron chi connectivity index (χ0n) is 10.5. The van der Waals surface area contributed by atoms with Crippen molar-refractivity contribution in [2.45, 2.75) is 33.7 Å². The van der Waals surface area contributed by atoms with Crippen molar-refractivity contribution in [2.24, 2.45) is 0 Å². The number of aryl methyl sites for hydroxylation is 3. The summed E-state index contributed by atoms with van der Waals surface area (Å²) in [7, 11) is 0. The van der Waals surface area contributed by atoms with Gasteiger partial charge < -0.3 is 9.84 Å². The second kappa shape index (κ2) is 4.53. The molecule has 5 nitrogen and oxygen atoms in total. The van der Waals surface area contributed by atoms with Crippen LogP contribution in [0.4, 0.5) is 5.82 Å². The van der Waals surface area contributed by atoms with E-state index in [1.54, 1.807) is 6.20 Å². The van der Waals surface area contributed by atoms with Gasteiger partial charge in [0.25, 0.3) is 0 Å². The predicted octanol–water partition coefficient (Wildman–Crippen LogP) is 2.56. The lowest BCUT2D eigenvalue weighted by Crippen LogP contribution is -2.10. The maximum atomic E-state index is 5.15. The first kappa shape index (κ1) is 11.6.